The first-order valence-electron chi connectivity index (χ1n) is 8.13. The van der Waals surface area contributed by atoms with E-state index in [2.05, 4.69) is 31.6 Å². The summed E-state index contributed by atoms with van der Waals surface area (Å²) in [6.07, 6.45) is 0.771. The number of halogens is 1. The molecule has 0 radical (unpaired) electrons. The number of hydrogen-bond acceptors (Lipinski definition) is 7. The van der Waals surface area contributed by atoms with Crippen LogP contribution >= 0.6 is 34.4 Å². The van der Waals surface area contributed by atoms with Crippen molar-refractivity contribution in [2.45, 2.75) is 23.9 Å². The molecule has 138 valence electrons. The Morgan fingerprint density at radius 3 is 2.81 bits per heavy atom. The minimum atomic E-state index is -0.276. The maximum Gasteiger partial charge on any atom is 0.208 e. The van der Waals surface area contributed by atoms with Crippen LogP contribution in [0.15, 0.2) is 52.3 Å². The topological polar surface area (TPSA) is 63.7 Å². The summed E-state index contributed by atoms with van der Waals surface area (Å²) in [7, 11) is 0. The standard InChI is InChI=1S/C18H15FN4OS3/c19-12-3-5-14(6-4-12)24-9-17-20-13(10-26-17)11-27-18-21-16(22-23-18)8-15-2-1-7-25-15/h1-7,10H,8-9,11H2,(H,21,22,23). The molecule has 0 saturated heterocycles. The molecule has 0 aliphatic heterocycles. The van der Waals surface area contributed by atoms with Crippen molar-refractivity contribution < 1.29 is 9.13 Å². The number of H-pyrrole nitrogens is 1. The summed E-state index contributed by atoms with van der Waals surface area (Å²) >= 11 is 4.80. The Morgan fingerprint density at radius 1 is 1.11 bits per heavy atom. The van der Waals surface area contributed by atoms with Crippen LogP contribution in [-0.2, 0) is 18.8 Å². The van der Waals surface area contributed by atoms with Crippen molar-refractivity contribution in [1.29, 1.82) is 0 Å². The summed E-state index contributed by atoms with van der Waals surface area (Å²) in [4.78, 5) is 10.3. The molecule has 3 heterocycles. The summed E-state index contributed by atoms with van der Waals surface area (Å²) < 4.78 is 18.5. The van der Waals surface area contributed by atoms with Gasteiger partial charge in [-0.05, 0) is 35.7 Å². The largest absolute Gasteiger partial charge is 0.486 e. The maximum absolute atomic E-state index is 12.9. The van der Waals surface area contributed by atoms with E-state index >= 15 is 0 Å². The molecule has 4 rings (SSSR count). The highest BCUT2D eigenvalue weighted by atomic mass is 32.2. The fourth-order valence-corrected chi connectivity index (χ4v) is 4.52. The molecular weight excluding hydrogens is 403 g/mol. The van der Waals surface area contributed by atoms with Crippen LogP contribution in [0.1, 0.15) is 21.4 Å². The summed E-state index contributed by atoms with van der Waals surface area (Å²) in [6.45, 7) is 0.368. The molecule has 0 unspecified atom stereocenters. The number of aromatic amines is 1. The third kappa shape index (κ3) is 5.15. The third-order valence-electron chi connectivity index (χ3n) is 3.56. The molecule has 0 bridgehead atoms. The zero-order valence-corrected chi connectivity index (χ0v) is 16.5. The van der Waals surface area contributed by atoms with Crippen LogP contribution in [0.25, 0.3) is 0 Å². The zero-order chi connectivity index (χ0) is 18.5. The fourth-order valence-electron chi connectivity index (χ4n) is 2.30. The Morgan fingerprint density at radius 2 is 2.00 bits per heavy atom. The lowest BCUT2D eigenvalue weighted by Crippen LogP contribution is -1.95. The molecule has 3 aromatic heterocycles. The maximum atomic E-state index is 12.9. The Balaban J connectivity index is 1.27. The van der Waals surface area contributed by atoms with E-state index in [0.29, 0.717) is 18.1 Å². The molecule has 27 heavy (non-hydrogen) atoms. The van der Waals surface area contributed by atoms with E-state index in [1.54, 1.807) is 46.6 Å². The van der Waals surface area contributed by atoms with Gasteiger partial charge in [0.05, 0.1) is 5.69 Å². The molecule has 0 atom stereocenters. The first-order valence-corrected chi connectivity index (χ1v) is 10.9. The second-order valence-electron chi connectivity index (χ2n) is 5.58. The minimum Gasteiger partial charge on any atom is -0.486 e. The molecule has 0 aliphatic carbocycles. The van der Waals surface area contributed by atoms with Gasteiger partial charge in [0.2, 0.25) is 5.16 Å². The molecule has 0 aliphatic rings. The second-order valence-corrected chi connectivity index (χ2v) is 8.50. The monoisotopic (exact) mass is 418 g/mol. The van der Waals surface area contributed by atoms with E-state index in [1.807, 2.05) is 11.4 Å². The minimum absolute atomic E-state index is 0.276. The van der Waals surface area contributed by atoms with Crippen LogP contribution in [0.5, 0.6) is 5.75 Å². The molecule has 0 fully saturated rings. The van der Waals surface area contributed by atoms with Crippen molar-refractivity contribution in [3.05, 3.63) is 74.4 Å². The molecule has 0 saturated carbocycles. The quantitative estimate of drug-likeness (QED) is 0.411. The number of benzene rings is 1. The van der Waals surface area contributed by atoms with Crippen LogP contribution in [0.3, 0.4) is 0 Å². The number of rotatable bonds is 8. The van der Waals surface area contributed by atoms with Crippen LogP contribution in [0.2, 0.25) is 0 Å². The van der Waals surface area contributed by atoms with E-state index in [4.69, 9.17) is 4.74 Å². The molecule has 0 amide bonds. The van der Waals surface area contributed by atoms with Crippen LogP contribution in [-0.4, -0.2) is 20.2 Å². The number of aromatic nitrogens is 4. The highest BCUT2D eigenvalue weighted by Crippen LogP contribution is 2.22. The van der Waals surface area contributed by atoms with Crippen molar-refractivity contribution in [2.24, 2.45) is 0 Å². The molecule has 4 aromatic rings. The molecular formula is C18H15FN4OS3. The highest BCUT2D eigenvalue weighted by molar-refractivity contribution is 7.98. The van der Waals surface area contributed by atoms with E-state index in [9.17, 15) is 4.39 Å². The highest BCUT2D eigenvalue weighted by Gasteiger charge is 2.08. The van der Waals surface area contributed by atoms with Gasteiger partial charge in [-0.1, -0.05) is 17.8 Å². The van der Waals surface area contributed by atoms with Crippen molar-refractivity contribution in [2.75, 3.05) is 0 Å². The fraction of sp³-hybridized carbons (Fsp3) is 0.167. The zero-order valence-electron chi connectivity index (χ0n) is 14.1. The Kier molecular flexibility index (Phi) is 5.81. The van der Waals surface area contributed by atoms with Crippen LogP contribution < -0.4 is 4.74 Å². The van der Waals surface area contributed by atoms with Gasteiger partial charge in [0.1, 0.15) is 29.0 Å². The van der Waals surface area contributed by atoms with Gasteiger partial charge in [-0.15, -0.1) is 27.8 Å². The second kappa shape index (κ2) is 8.64. The average Bonchev–Trinajstić information content (AvgIpc) is 3.42. The lowest BCUT2D eigenvalue weighted by Gasteiger charge is -2.03. The van der Waals surface area contributed by atoms with Crippen molar-refractivity contribution in [1.82, 2.24) is 20.2 Å². The predicted molar refractivity (Wildman–Crippen MR) is 106 cm³/mol. The molecule has 1 N–H and O–H groups in total. The average molecular weight is 419 g/mol. The number of hydrogen-bond donors (Lipinski definition) is 1. The van der Waals surface area contributed by atoms with E-state index in [0.717, 1.165) is 28.1 Å². The van der Waals surface area contributed by atoms with E-state index in [-0.39, 0.29) is 5.82 Å². The molecule has 0 spiro atoms. The lowest BCUT2D eigenvalue weighted by molar-refractivity contribution is 0.305. The number of thiophene rings is 1. The SMILES string of the molecule is Fc1ccc(OCc2nc(CSc3n[nH]c(Cc4cccs4)n3)cs2)cc1. The number of nitrogens with zero attached hydrogens (tertiary/aromatic N) is 3. The van der Waals surface area contributed by atoms with Gasteiger partial charge < -0.3 is 4.74 Å². The van der Waals surface area contributed by atoms with Gasteiger partial charge in [-0.2, -0.15) is 0 Å². The number of nitrogens with one attached hydrogen (secondary N) is 1. The van der Waals surface area contributed by atoms with Gasteiger partial charge in [0.25, 0.3) is 0 Å². The van der Waals surface area contributed by atoms with Gasteiger partial charge >= 0.3 is 0 Å². The Bertz CT molecular complexity index is 982. The van der Waals surface area contributed by atoms with Crippen molar-refractivity contribution in [3.63, 3.8) is 0 Å². The van der Waals surface area contributed by atoms with Gasteiger partial charge in [0.15, 0.2) is 0 Å². The number of thioether (sulfide) groups is 1. The smallest absolute Gasteiger partial charge is 0.208 e. The van der Waals surface area contributed by atoms with E-state index in [1.165, 1.54) is 17.0 Å². The Labute approximate surface area is 167 Å². The summed E-state index contributed by atoms with van der Waals surface area (Å²) in [5.41, 5.74) is 0.965. The first kappa shape index (κ1) is 18.1. The predicted octanol–water partition coefficient (Wildman–Crippen LogP) is 4.92. The lowest BCUT2D eigenvalue weighted by atomic mass is 10.3. The summed E-state index contributed by atoms with van der Waals surface area (Å²) in [5, 5.41) is 12.9. The van der Waals surface area contributed by atoms with Crippen LogP contribution in [0.4, 0.5) is 4.39 Å². The van der Waals surface area contributed by atoms with Crippen LogP contribution in [0, 0.1) is 5.82 Å². The number of ether oxygens (including phenoxy) is 1. The van der Waals surface area contributed by atoms with Crippen molar-refractivity contribution >= 4 is 34.4 Å². The normalized spacial score (nSPS) is 11.0. The Hall–Kier alpha value is -2.23. The van der Waals surface area contributed by atoms with Gasteiger partial charge in [-0.3, -0.25) is 5.10 Å². The molecule has 9 heteroatoms. The molecule has 5 nitrogen and oxygen atoms in total. The van der Waals surface area contributed by atoms with Gasteiger partial charge in [0, 0.05) is 22.4 Å². The summed E-state index contributed by atoms with van der Waals surface area (Å²) in [5.74, 6) is 1.91. The van der Waals surface area contributed by atoms with Gasteiger partial charge in [-0.25, -0.2) is 14.4 Å². The third-order valence-corrected chi connectivity index (χ3v) is 6.19. The van der Waals surface area contributed by atoms with Crippen molar-refractivity contribution in [3.8, 4) is 5.75 Å². The number of thiazole rings is 1. The van der Waals surface area contributed by atoms with E-state index < -0.39 is 0 Å². The summed E-state index contributed by atoms with van der Waals surface area (Å²) in [6, 6.07) is 10.1. The molecule has 1 aromatic carbocycles. The first-order chi connectivity index (χ1) is 13.2.